The van der Waals surface area contributed by atoms with Gasteiger partial charge in [-0.25, -0.2) is 0 Å². The average molecular weight is 203 g/mol. The molecule has 0 amide bonds. The van der Waals surface area contributed by atoms with Crippen molar-refractivity contribution >= 4 is 17.6 Å². The Balaban J connectivity index is 2.49. The molecule has 72 valence electrons. The van der Waals surface area contributed by atoms with Crippen LogP contribution in [0.4, 0.5) is 0 Å². The number of carboxylic acid groups (broad SMARTS) is 1. The number of hydrogen-bond acceptors (Lipinski definition) is 2. The third kappa shape index (κ3) is 2.73. The van der Waals surface area contributed by atoms with Crippen molar-refractivity contribution < 1.29 is 9.90 Å². The number of rotatable bonds is 4. The molecule has 0 bridgehead atoms. The molecule has 4 nitrogen and oxygen atoms in total. The second-order valence-electron chi connectivity index (χ2n) is 2.81. The minimum absolute atomic E-state index is 0.168. The highest BCUT2D eigenvalue weighted by Gasteiger charge is 2.06. The smallest absolute Gasteiger partial charge is 0.303 e. The summed E-state index contributed by atoms with van der Waals surface area (Å²) in [5.74, 6) is -0.779. The van der Waals surface area contributed by atoms with Crippen LogP contribution >= 0.6 is 11.6 Å². The van der Waals surface area contributed by atoms with E-state index < -0.39 is 5.97 Å². The van der Waals surface area contributed by atoms with Gasteiger partial charge in [-0.1, -0.05) is 11.6 Å². The quantitative estimate of drug-likeness (QED) is 0.805. The number of aliphatic carboxylic acids is 1. The summed E-state index contributed by atoms with van der Waals surface area (Å²) in [4.78, 5) is 10.2. The van der Waals surface area contributed by atoms with Crippen LogP contribution in [0.25, 0.3) is 0 Å². The Hall–Kier alpha value is -1.03. The zero-order valence-corrected chi connectivity index (χ0v) is 8.08. The fraction of sp³-hybridized carbons (Fsp3) is 0.500. The van der Waals surface area contributed by atoms with Crippen LogP contribution in [0.1, 0.15) is 18.5 Å². The number of hydrogen-bond donors (Lipinski definition) is 1. The number of carboxylic acids is 1. The topological polar surface area (TPSA) is 55.1 Å². The Bertz CT molecular complexity index is 290. The monoisotopic (exact) mass is 202 g/mol. The molecule has 0 saturated heterocycles. The van der Waals surface area contributed by atoms with Crippen LogP contribution in [0.2, 0.25) is 5.02 Å². The molecular weight excluding hydrogens is 192 g/mol. The molecule has 0 fully saturated rings. The average Bonchev–Trinajstić information content (AvgIpc) is 2.34. The standard InChI is InChI=1S/C8H11ClN2O2/c1-11-7(6(9)5-10-11)3-2-4-8(12)13/h5H,2-4H2,1H3,(H,12,13). The molecule has 1 heterocycles. The van der Waals surface area contributed by atoms with Crippen LogP contribution in [0, 0.1) is 0 Å². The van der Waals surface area contributed by atoms with Gasteiger partial charge in [0.1, 0.15) is 0 Å². The van der Waals surface area contributed by atoms with E-state index in [9.17, 15) is 4.79 Å². The van der Waals surface area contributed by atoms with E-state index in [2.05, 4.69) is 5.10 Å². The van der Waals surface area contributed by atoms with Crippen LogP contribution < -0.4 is 0 Å². The minimum atomic E-state index is -0.779. The molecule has 0 spiro atoms. The van der Waals surface area contributed by atoms with Crippen molar-refractivity contribution in [3.8, 4) is 0 Å². The molecule has 1 N–H and O–H groups in total. The Morgan fingerprint density at radius 3 is 2.92 bits per heavy atom. The normalized spacial score (nSPS) is 10.3. The Morgan fingerprint density at radius 1 is 1.77 bits per heavy atom. The van der Waals surface area contributed by atoms with Gasteiger partial charge in [0, 0.05) is 13.5 Å². The van der Waals surface area contributed by atoms with Crippen molar-refractivity contribution in [3.63, 3.8) is 0 Å². The van der Waals surface area contributed by atoms with Crippen molar-refractivity contribution in [1.82, 2.24) is 9.78 Å². The molecule has 0 atom stereocenters. The van der Waals surface area contributed by atoms with E-state index in [1.165, 1.54) is 0 Å². The lowest BCUT2D eigenvalue weighted by atomic mass is 10.2. The van der Waals surface area contributed by atoms with Gasteiger partial charge in [-0.05, 0) is 12.8 Å². The van der Waals surface area contributed by atoms with Crippen molar-refractivity contribution in [2.45, 2.75) is 19.3 Å². The van der Waals surface area contributed by atoms with Crippen LogP contribution in [-0.2, 0) is 18.3 Å². The predicted molar refractivity (Wildman–Crippen MR) is 48.8 cm³/mol. The van der Waals surface area contributed by atoms with Crippen LogP contribution in [0.15, 0.2) is 6.20 Å². The van der Waals surface area contributed by atoms with Gasteiger partial charge in [-0.15, -0.1) is 0 Å². The summed E-state index contributed by atoms with van der Waals surface area (Å²) in [6, 6.07) is 0. The summed E-state index contributed by atoms with van der Waals surface area (Å²) in [5, 5.41) is 13.0. The molecule has 1 aromatic heterocycles. The summed E-state index contributed by atoms with van der Waals surface area (Å²) in [5.41, 5.74) is 0.892. The molecule has 0 aliphatic carbocycles. The molecule has 1 rings (SSSR count). The maximum atomic E-state index is 10.2. The zero-order chi connectivity index (χ0) is 9.84. The summed E-state index contributed by atoms with van der Waals surface area (Å²) >= 11 is 5.83. The molecule has 0 saturated carbocycles. The molecule has 0 radical (unpaired) electrons. The van der Waals surface area contributed by atoms with Gasteiger partial charge in [-0.2, -0.15) is 5.10 Å². The van der Waals surface area contributed by atoms with Gasteiger partial charge in [-0.3, -0.25) is 9.48 Å². The van der Waals surface area contributed by atoms with E-state index >= 15 is 0 Å². The summed E-state index contributed by atoms with van der Waals surface area (Å²) < 4.78 is 1.67. The van der Waals surface area contributed by atoms with Gasteiger partial charge in [0.15, 0.2) is 0 Å². The first-order valence-electron chi connectivity index (χ1n) is 3.99. The Kier molecular flexibility index (Phi) is 3.31. The zero-order valence-electron chi connectivity index (χ0n) is 7.33. The molecule has 0 aromatic carbocycles. The predicted octanol–water partition coefficient (Wildman–Crippen LogP) is 1.48. The van der Waals surface area contributed by atoms with Crippen LogP contribution in [-0.4, -0.2) is 20.9 Å². The van der Waals surface area contributed by atoms with Gasteiger partial charge >= 0.3 is 5.97 Å². The first-order valence-corrected chi connectivity index (χ1v) is 4.37. The molecule has 1 aromatic rings. The van der Waals surface area contributed by atoms with Crippen molar-refractivity contribution in [1.29, 1.82) is 0 Å². The number of aromatic nitrogens is 2. The van der Waals surface area contributed by atoms with E-state index in [0.717, 1.165) is 5.69 Å². The van der Waals surface area contributed by atoms with Gasteiger partial charge in [0.2, 0.25) is 0 Å². The van der Waals surface area contributed by atoms with E-state index in [-0.39, 0.29) is 6.42 Å². The fourth-order valence-corrected chi connectivity index (χ4v) is 1.38. The van der Waals surface area contributed by atoms with E-state index in [0.29, 0.717) is 17.9 Å². The molecule has 0 aliphatic heterocycles. The van der Waals surface area contributed by atoms with Crippen molar-refractivity contribution in [3.05, 3.63) is 16.9 Å². The Labute approximate surface area is 81.1 Å². The Morgan fingerprint density at radius 2 is 2.46 bits per heavy atom. The molecule has 5 heteroatoms. The first kappa shape index (κ1) is 10.1. The van der Waals surface area contributed by atoms with Crippen molar-refractivity contribution in [2.75, 3.05) is 0 Å². The minimum Gasteiger partial charge on any atom is -0.481 e. The lowest BCUT2D eigenvalue weighted by Gasteiger charge is -2.00. The number of carbonyl (C=O) groups is 1. The van der Waals surface area contributed by atoms with Crippen molar-refractivity contribution in [2.24, 2.45) is 7.05 Å². The number of aryl methyl sites for hydroxylation is 1. The van der Waals surface area contributed by atoms with Gasteiger partial charge in [0.05, 0.1) is 16.9 Å². The highest BCUT2D eigenvalue weighted by atomic mass is 35.5. The fourth-order valence-electron chi connectivity index (χ4n) is 1.12. The summed E-state index contributed by atoms with van der Waals surface area (Å²) in [7, 11) is 1.79. The SMILES string of the molecule is Cn1ncc(Cl)c1CCCC(=O)O. The summed E-state index contributed by atoms with van der Waals surface area (Å²) in [6.45, 7) is 0. The summed E-state index contributed by atoms with van der Waals surface area (Å²) in [6.07, 6.45) is 2.98. The molecular formula is C8H11ClN2O2. The first-order chi connectivity index (χ1) is 6.11. The van der Waals surface area contributed by atoms with Crippen LogP contribution in [0.3, 0.4) is 0 Å². The maximum Gasteiger partial charge on any atom is 0.303 e. The van der Waals surface area contributed by atoms with E-state index in [1.807, 2.05) is 0 Å². The molecule has 13 heavy (non-hydrogen) atoms. The third-order valence-electron chi connectivity index (χ3n) is 1.81. The maximum absolute atomic E-state index is 10.2. The van der Waals surface area contributed by atoms with E-state index in [4.69, 9.17) is 16.7 Å². The molecule has 0 aliphatic rings. The second-order valence-corrected chi connectivity index (χ2v) is 3.22. The highest BCUT2D eigenvalue weighted by Crippen LogP contribution is 2.16. The number of halogens is 1. The van der Waals surface area contributed by atoms with Crippen LogP contribution in [0.5, 0.6) is 0 Å². The number of nitrogens with zero attached hydrogens (tertiary/aromatic N) is 2. The van der Waals surface area contributed by atoms with E-state index in [1.54, 1.807) is 17.9 Å². The lowest BCUT2D eigenvalue weighted by molar-refractivity contribution is -0.137. The third-order valence-corrected chi connectivity index (χ3v) is 2.13. The highest BCUT2D eigenvalue weighted by molar-refractivity contribution is 6.31. The molecule has 0 unspecified atom stereocenters. The lowest BCUT2D eigenvalue weighted by Crippen LogP contribution is -2.01. The largest absolute Gasteiger partial charge is 0.481 e. The van der Waals surface area contributed by atoms with Gasteiger partial charge < -0.3 is 5.11 Å². The van der Waals surface area contributed by atoms with Gasteiger partial charge in [0.25, 0.3) is 0 Å². The second kappa shape index (κ2) is 4.28.